The van der Waals surface area contributed by atoms with Crippen LogP contribution >= 0.6 is 11.6 Å². The molecule has 4 rings (SSSR count). The lowest BCUT2D eigenvalue weighted by molar-refractivity contribution is -0.157. The fourth-order valence-electron chi connectivity index (χ4n) is 4.58. The Hall–Kier alpha value is -3.02. The maximum atomic E-state index is 13.8. The van der Waals surface area contributed by atoms with E-state index < -0.39 is 23.8 Å². The standard InChI is InChI=1S/C26H27ClF4N4O3/c1-16-14-19(23-32-33-25(38-23)26(29,30)31)3-2-17(16)4-6-20(18-5-7-22(28)21(27)15-18)24(37)35-10-8-34(9-11-35)12-13-36/h2-3,5,7,14-15,20,36H,4,6,8-13H2,1H3. The van der Waals surface area contributed by atoms with Crippen molar-refractivity contribution in [1.29, 1.82) is 0 Å². The molecule has 1 aliphatic heterocycles. The maximum absolute atomic E-state index is 13.8. The zero-order chi connectivity index (χ0) is 27.4. The Morgan fingerprint density at radius 2 is 1.87 bits per heavy atom. The number of β-amino-alcohol motifs (C(OH)–C–C–N with tert-alkyl or cyclic N) is 1. The summed E-state index contributed by atoms with van der Waals surface area (Å²) in [6.45, 7) is 4.75. The molecule has 1 unspecified atom stereocenters. The molecule has 2 aromatic carbocycles. The van der Waals surface area contributed by atoms with Crippen molar-refractivity contribution < 1.29 is 31.9 Å². The van der Waals surface area contributed by atoms with Crippen molar-refractivity contribution in [2.75, 3.05) is 39.3 Å². The van der Waals surface area contributed by atoms with Crippen molar-refractivity contribution in [3.63, 3.8) is 0 Å². The predicted octanol–water partition coefficient (Wildman–Crippen LogP) is 4.71. The molecule has 0 saturated carbocycles. The van der Waals surface area contributed by atoms with Gasteiger partial charge in [0, 0.05) is 38.3 Å². The minimum atomic E-state index is -4.73. The van der Waals surface area contributed by atoms with Gasteiger partial charge in [0.2, 0.25) is 11.8 Å². The third-order valence-electron chi connectivity index (χ3n) is 6.70. The van der Waals surface area contributed by atoms with Gasteiger partial charge in [-0.25, -0.2) is 4.39 Å². The Morgan fingerprint density at radius 1 is 1.13 bits per heavy atom. The molecule has 1 aromatic heterocycles. The molecule has 38 heavy (non-hydrogen) atoms. The van der Waals surface area contributed by atoms with Crippen molar-refractivity contribution in [3.05, 3.63) is 69.8 Å². The number of aliphatic hydroxyl groups is 1. The van der Waals surface area contributed by atoms with Crippen molar-refractivity contribution in [2.45, 2.75) is 31.9 Å². The first kappa shape index (κ1) is 28.0. The second-order valence-corrected chi connectivity index (χ2v) is 9.61. The highest BCUT2D eigenvalue weighted by molar-refractivity contribution is 6.30. The molecule has 0 aliphatic carbocycles. The summed E-state index contributed by atoms with van der Waals surface area (Å²) in [4.78, 5) is 17.5. The van der Waals surface area contributed by atoms with Crippen LogP contribution in [0.2, 0.25) is 5.02 Å². The summed E-state index contributed by atoms with van der Waals surface area (Å²) >= 11 is 6.03. The fourth-order valence-corrected chi connectivity index (χ4v) is 4.77. The van der Waals surface area contributed by atoms with Gasteiger partial charge in [0.15, 0.2) is 0 Å². The number of rotatable bonds is 8. The van der Waals surface area contributed by atoms with E-state index in [1.807, 2.05) is 6.92 Å². The Labute approximate surface area is 222 Å². The van der Waals surface area contributed by atoms with Crippen LogP contribution in [0.25, 0.3) is 11.5 Å². The van der Waals surface area contributed by atoms with Gasteiger partial charge in [-0.15, -0.1) is 10.2 Å². The lowest BCUT2D eigenvalue weighted by Gasteiger charge is -2.36. The predicted molar refractivity (Wildman–Crippen MR) is 132 cm³/mol. The van der Waals surface area contributed by atoms with Crippen LogP contribution in [0.4, 0.5) is 17.6 Å². The molecule has 1 aliphatic rings. The van der Waals surface area contributed by atoms with Gasteiger partial charge in [0.25, 0.3) is 0 Å². The molecule has 0 radical (unpaired) electrons. The SMILES string of the molecule is Cc1cc(-c2nnc(C(F)(F)F)o2)ccc1CCC(C(=O)N1CCN(CCO)CC1)c1ccc(F)c(Cl)c1. The molecule has 0 bridgehead atoms. The molecule has 1 N–H and O–H groups in total. The molecule has 1 atom stereocenters. The van der Waals surface area contributed by atoms with Crippen molar-refractivity contribution >= 4 is 17.5 Å². The van der Waals surface area contributed by atoms with Crippen LogP contribution in [0.1, 0.15) is 34.9 Å². The van der Waals surface area contributed by atoms with E-state index in [9.17, 15) is 27.5 Å². The summed E-state index contributed by atoms with van der Waals surface area (Å²) < 4.78 is 57.0. The number of halogens is 5. The number of piperazine rings is 1. The van der Waals surface area contributed by atoms with Gasteiger partial charge in [-0.05, 0) is 60.7 Å². The molecule has 12 heteroatoms. The molecule has 204 valence electrons. The van der Waals surface area contributed by atoms with E-state index in [-0.39, 0.29) is 23.4 Å². The first-order valence-corrected chi connectivity index (χ1v) is 12.5. The summed E-state index contributed by atoms with van der Waals surface area (Å²) in [5.41, 5.74) is 2.64. The second-order valence-electron chi connectivity index (χ2n) is 9.21. The average molecular weight is 555 g/mol. The van der Waals surface area contributed by atoms with E-state index in [0.29, 0.717) is 56.7 Å². The van der Waals surface area contributed by atoms with Gasteiger partial charge in [0.1, 0.15) is 5.82 Å². The van der Waals surface area contributed by atoms with Gasteiger partial charge >= 0.3 is 12.1 Å². The van der Waals surface area contributed by atoms with Gasteiger partial charge in [-0.2, -0.15) is 13.2 Å². The number of aliphatic hydroxyl groups excluding tert-OH is 1. The van der Waals surface area contributed by atoms with Crippen LogP contribution in [-0.2, 0) is 17.4 Å². The third kappa shape index (κ3) is 6.51. The summed E-state index contributed by atoms with van der Waals surface area (Å²) in [7, 11) is 0. The third-order valence-corrected chi connectivity index (χ3v) is 6.99. The van der Waals surface area contributed by atoms with Gasteiger partial charge in [-0.3, -0.25) is 9.69 Å². The number of nitrogens with zero attached hydrogens (tertiary/aromatic N) is 4. The van der Waals surface area contributed by atoms with E-state index in [2.05, 4.69) is 15.1 Å². The largest absolute Gasteiger partial charge is 0.470 e. The minimum Gasteiger partial charge on any atom is -0.413 e. The van der Waals surface area contributed by atoms with Gasteiger partial charge < -0.3 is 14.4 Å². The maximum Gasteiger partial charge on any atom is 0.470 e. The number of carbonyl (C=O) groups is 1. The normalized spacial score (nSPS) is 15.6. The van der Waals surface area contributed by atoms with E-state index >= 15 is 0 Å². The van der Waals surface area contributed by atoms with Crippen LogP contribution in [0.5, 0.6) is 0 Å². The zero-order valence-corrected chi connectivity index (χ0v) is 21.4. The molecule has 1 saturated heterocycles. The van der Waals surface area contributed by atoms with Crippen LogP contribution in [0, 0.1) is 12.7 Å². The van der Waals surface area contributed by atoms with E-state index in [4.69, 9.17) is 16.0 Å². The number of alkyl halides is 3. The number of benzene rings is 2. The molecule has 1 fully saturated rings. The molecule has 2 heterocycles. The minimum absolute atomic E-state index is 0.0543. The van der Waals surface area contributed by atoms with Gasteiger partial charge in [0.05, 0.1) is 17.5 Å². The van der Waals surface area contributed by atoms with E-state index in [1.54, 1.807) is 29.2 Å². The van der Waals surface area contributed by atoms with Crippen LogP contribution < -0.4 is 0 Å². The number of amides is 1. The van der Waals surface area contributed by atoms with Crippen molar-refractivity contribution in [1.82, 2.24) is 20.0 Å². The number of carbonyl (C=O) groups excluding carboxylic acids is 1. The zero-order valence-electron chi connectivity index (χ0n) is 20.6. The molecular weight excluding hydrogens is 528 g/mol. The molecule has 1 amide bonds. The lowest BCUT2D eigenvalue weighted by Crippen LogP contribution is -2.50. The Bertz CT molecular complexity index is 1280. The highest BCUT2D eigenvalue weighted by atomic mass is 35.5. The first-order chi connectivity index (χ1) is 18.1. The second kappa shape index (κ2) is 11.8. The Morgan fingerprint density at radius 3 is 2.47 bits per heavy atom. The van der Waals surface area contributed by atoms with Gasteiger partial charge in [-0.1, -0.05) is 23.7 Å². The van der Waals surface area contributed by atoms with Crippen LogP contribution in [-0.4, -0.2) is 70.3 Å². The summed E-state index contributed by atoms with van der Waals surface area (Å²) in [5.74, 6) is -2.87. The quantitative estimate of drug-likeness (QED) is 0.406. The fraction of sp³-hybridized carbons (Fsp3) is 0.423. The lowest BCUT2D eigenvalue weighted by atomic mass is 9.89. The average Bonchev–Trinajstić information content (AvgIpc) is 3.39. The van der Waals surface area contributed by atoms with Crippen LogP contribution in [0.15, 0.2) is 40.8 Å². The molecule has 3 aromatic rings. The number of aryl methyl sites for hydroxylation is 2. The Balaban J connectivity index is 1.51. The summed E-state index contributed by atoms with van der Waals surface area (Å²) in [6, 6.07) is 9.31. The molecule has 7 nitrogen and oxygen atoms in total. The number of hydrogen-bond donors (Lipinski definition) is 1. The highest BCUT2D eigenvalue weighted by Gasteiger charge is 2.38. The number of hydrogen-bond acceptors (Lipinski definition) is 6. The van der Waals surface area contributed by atoms with E-state index in [1.165, 1.54) is 12.1 Å². The Kier molecular flexibility index (Phi) is 8.69. The van der Waals surface area contributed by atoms with Crippen molar-refractivity contribution in [2.24, 2.45) is 0 Å². The topological polar surface area (TPSA) is 82.7 Å². The van der Waals surface area contributed by atoms with Crippen molar-refractivity contribution in [3.8, 4) is 11.5 Å². The van der Waals surface area contributed by atoms with E-state index in [0.717, 1.165) is 11.1 Å². The first-order valence-electron chi connectivity index (χ1n) is 12.1. The molecule has 0 spiro atoms. The van der Waals surface area contributed by atoms with Crippen LogP contribution in [0.3, 0.4) is 0 Å². The molecular formula is C26H27ClF4N4O3. The smallest absolute Gasteiger partial charge is 0.413 e. The summed E-state index contributed by atoms with van der Waals surface area (Å²) in [5, 5.41) is 15.7. The monoisotopic (exact) mass is 554 g/mol. The number of aromatic nitrogens is 2. The highest BCUT2D eigenvalue weighted by Crippen LogP contribution is 2.32. The summed E-state index contributed by atoms with van der Waals surface area (Å²) in [6.07, 6.45) is -3.83.